The molecule has 132 valence electrons. The van der Waals surface area contributed by atoms with Gasteiger partial charge in [-0.2, -0.15) is 0 Å². The maximum absolute atomic E-state index is 12.7. The number of ether oxygens (including phenoxy) is 1. The second-order valence-electron chi connectivity index (χ2n) is 6.77. The van der Waals surface area contributed by atoms with E-state index in [1.807, 2.05) is 42.5 Å². The van der Waals surface area contributed by atoms with E-state index in [9.17, 15) is 14.7 Å². The predicted molar refractivity (Wildman–Crippen MR) is 96.9 cm³/mol. The van der Waals surface area contributed by atoms with Gasteiger partial charge in [-0.25, -0.2) is 0 Å². The van der Waals surface area contributed by atoms with Crippen LogP contribution in [-0.2, 0) is 9.59 Å². The van der Waals surface area contributed by atoms with Crippen LogP contribution in [0.1, 0.15) is 6.42 Å². The Bertz CT molecular complexity index is 844. The van der Waals surface area contributed by atoms with Gasteiger partial charge in [-0.3, -0.25) is 9.59 Å². The van der Waals surface area contributed by atoms with Crippen molar-refractivity contribution >= 4 is 17.6 Å². The number of allylic oxidation sites excluding steroid dienone is 2. The summed E-state index contributed by atoms with van der Waals surface area (Å²) in [6.45, 7) is 0. The minimum Gasteiger partial charge on any atom is -0.481 e. The zero-order valence-corrected chi connectivity index (χ0v) is 14.0. The predicted octanol–water partition coefficient (Wildman–Crippen LogP) is 3.94. The van der Waals surface area contributed by atoms with Crippen LogP contribution in [0, 0.1) is 23.7 Å². The van der Waals surface area contributed by atoms with Crippen LogP contribution in [0.2, 0.25) is 0 Å². The molecule has 2 aromatic carbocycles. The second-order valence-corrected chi connectivity index (χ2v) is 6.77. The molecule has 0 unspecified atom stereocenters. The number of carboxylic acids is 1. The number of fused-ring (bicyclic) bond motifs is 2. The summed E-state index contributed by atoms with van der Waals surface area (Å²) in [4.78, 5) is 24.2. The third kappa shape index (κ3) is 3.08. The van der Waals surface area contributed by atoms with Crippen molar-refractivity contribution in [3.8, 4) is 11.5 Å². The molecule has 26 heavy (non-hydrogen) atoms. The Balaban J connectivity index is 1.43. The molecule has 0 heterocycles. The molecule has 0 saturated heterocycles. The highest BCUT2D eigenvalue weighted by molar-refractivity contribution is 5.96. The molecule has 1 fully saturated rings. The lowest BCUT2D eigenvalue weighted by molar-refractivity contribution is -0.146. The van der Waals surface area contributed by atoms with Crippen molar-refractivity contribution in [3.63, 3.8) is 0 Å². The molecule has 0 radical (unpaired) electrons. The van der Waals surface area contributed by atoms with Gasteiger partial charge in [0.05, 0.1) is 11.8 Å². The van der Waals surface area contributed by atoms with Gasteiger partial charge in [-0.15, -0.1) is 0 Å². The van der Waals surface area contributed by atoms with E-state index >= 15 is 0 Å². The van der Waals surface area contributed by atoms with Crippen molar-refractivity contribution < 1.29 is 19.4 Å². The van der Waals surface area contributed by atoms with Gasteiger partial charge in [0, 0.05) is 5.69 Å². The Hall–Kier alpha value is -3.08. The van der Waals surface area contributed by atoms with Crippen LogP contribution in [0.4, 0.5) is 5.69 Å². The monoisotopic (exact) mass is 349 g/mol. The first kappa shape index (κ1) is 16.4. The fourth-order valence-electron chi connectivity index (χ4n) is 3.97. The lowest BCUT2D eigenvalue weighted by Gasteiger charge is -2.23. The first-order valence-corrected chi connectivity index (χ1v) is 8.67. The van der Waals surface area contributed by atoms with Crippen LogP contribution in [0.15, 0.2) is 66.7 Å². The third-order valence-electron chi connectivity index (χ3n) is 5.15. The quantitative estimate of drug-likeness (QED) is 0.802. The van der Waals surface area contributed by atoms with E-state index in [1.54, 1.807) is 24.3 Å². The molecule has 0 aromatic heterocycles. The molecule has 0 spiro atoms. The number of rotatable bonds is 5. The van der Waals surface area contributed by atoms with E-state index in [0.29, 0.717) is 11.4 Å². The van der Waals surface area contributed by atoms with Crippen LogP contribution in [0.25, 0.3) is 0 Å². The number of anilines is 1. The number of hydrogen-bond acceptors (Lipinski definition) is 3. The SMILES string of the molecule is O=C(O)[C@H]1[C@H](C(=O)Nc2ccc(Oc3ccccc3)cc2)[C@H]2C=C[C@H]1C2. The number of nitrogens with one attached hydrogen (secondary N) is 1. The minimum absolute atomic E-state index is 0.0155. The van der Waals surface area contributed by atoms with Crippen LogP contribution in [0.3, 0.4) is 0 Å². The van der Waals surface area contributed by atoms with Crippen LogP contribution in [-0.4, -0.2) is 17.0 Å². The number of para-hydroxylation sites is 1. The molecule has 2 N–H and O–H groups in total. The highest BCUT2D eigenvalue weighted by Gasteiger charge is 2.51. The number of carboxylic acid groups (broad SMARTS) is 1. The number of carbonyl (C=O) groups is 2. The molecule has 2 aromatic rings. The molecule has 5 heteroatoms. The van der Waals surface area contributed by atoms with E-state index < -0.39 is 17.8 Å². The van der Waals surface area contributed by atoms with Gasteiger partial charge in [-0.1, -0.05) is 30.4 Å². The summed E-state index contributed by atoms with van der Waals surface area (Å²) in [6.07, 6.45) is 4.66. The van der Waals surface area contributed by atoms with Crippen molar-refractivity contribution in [3.05, 3.63) is 66.7 Å². The van der Waals surface area contributed by atoms with Crippen molar-refractivity contribution in [1.82, 2.24) is 0 Å². The Morgan fingerprint density at radius 1 is 0.885 bits per heavy atom. The van der Waals surface area contributed by atoms with Crippen molar-refractivity contribution in [2.45, 2.75) is 6.42 Å². The fraction of sp³-hybridized carbons (Fsp3) is 0.238. The smallest absolute Gasteiger partial charge is 0.307 e. The zero-order valence-electron chi connectivity index (χ0n) is 14.0. The van der Waals surface area contributed by atoms with Gasteiger partial charge in [0.15, 0.2) is 0 Å². The van der Waals surface area contributed by atoms with Crippen LogP contribution in [0.5, 0.6) is 11.5 Å². The minimum atomic E-state index is -0.895. The number of hydrogen-bond donors (Lipinski definition) is 2. The lowest BCUT2D eigenvalue weighted by Crippen LogP contribution is -2.36. The Kier molecular flexibility index (Phi) is 4.21. The molecule has 2 bridgehead atoms. The summed E-state index contributed by atoms with van der Waals surface area (Å²) in [7, 11) is 0. The van der Waals surface area contributed by atoms with E-state index in [0.717, 1.165) is 12.2 Å². The Labute approximate surface area is 151 Å². The first-order valence-electron chi connectivity index (χ1n) is 8.67. The first-order chi connectivity index (χ1) is 12.6. The number of benzene rings is 2. The maximum atomic E-state index is 12.7. The number of aliphatic carboxylic acids is 1. The van der Waals surface area contributed by atoms with Crippen molar-refractivity contribution in [2.75, 3.05) is 5.32 Å². The molecule has 4 atom stereocenters. The standard InChI is InChI=1S/C21H19NO4/c23-20(18-13-6-7-14(12-13)19(18)21(24)25)22-15-8-10-17(11-9-15)26-16-4-2-1-3-5-16/h1-11,13-14,18-19H,12H2,(H,22,23)(H,24,25)/t13-,14-,18+,19+/m0/s1. The lowest BCUT2D eigenvalue weighted by atomic mass is 9.82. The maximum Gasteiger partial charge on any atom is 0.307 e. The number of amides is 1. The fourth-order valence-corrected chi connectivity index (χ4v) is 3.97. The van der Waals surface area contributed by atoms with Crippen LogP contribution < -0.4 is 10.1 Å². The van der Waals surface area contributed by atoms with Gasteiger partial charge in [-0.05, 0) is 54.7 Å². The molecule has 1 amide bonds. The van der Waals surface area contributed by atoms with E-state index in [1.165, 1.54) is 0 Å². The molecular weight excluding hydrogens is 330 g/mol. The Morgan fingerprint density at radius 2 is 1.50 bits per heavy atom. The summed E-state index contributed by atoms with van der Waals surface area (Å²) >= 11 is 0. The molecule has 2 aliphatic rings. The van der Waals surface area contributed by atoms with Crippen LogP contribution >= 0.6 is 0 Å². The van der Waals surface area contributed by atoms with E-state index in [4.69, 9.17) is 4.74 Å². The zero-order chi connectivity index (χ0) is 18.1. The highest BCUT2D eigenvalue weighted by Crippen LogP contribution is 2.48. The topological polar surface area (TPSA) is 75.6 Å². The molecule has 4 rings (SSSR count). The molecular formula is C21H19NO4. The average Bonchev–Trinajstić information content (AvgIpc) is 3.25. The second kappa shape index (κ2) is 6.67. The summed E-state index contributed by atoms with van der Waals surface area (Å²) < 4.78 is 5.73. The Morgan fingerprint density at radius 3 is 2.15 bits per heavy atom. The molecule has 0 aliphatic heterocycles. The summed E-state index contributed by atoms with van der Waals surface area (Å²) in [5.74, 6) is -0.882. The molecule has 2 aliphatic carbocycles. The normalized spacial score (nSPS) is 25.8. The largest absolute Gasteiger partial charge is 0.481 e. The summed E-state index contributed by atoms with van der Waals surface area (Å²) in [5.41, 5.74) is 0.631. The number of carbonyl (C=O) groups excluding carboxylic acids is 1. The van der Waals surface area contributed by atoms with Crippen molar-refractivity contribution in [1.29, 1.82) is 0 Å². The van der Waals surface area contributed by atoms with Crippen molar-refractivity contribution in [2.24, 2.45) is 23.7 Å². The summed E-state index contributed by atoms with van der Waals surface area (Å²) in [5, 5.41) is 12.3. The molecule has 1 saturated carbocycles. The van der Waals surface area contributed by atoms with E-state index in [2.05, 4.69) is 5.32 Å². The molecule has 5 nitrogen and oxygen atoms in total. The third-order valence-corrected chi connectivity index (χ3v) is 5.15. The highest BCUT2D eigenvalue weighted by atomic mass is 16.5. The average molecular weight is 349 g/mol. The summed E-state index contributed by atoms with van der Waals surface area (Å²) in [6, 6.07) is 16.5. The van der Waals surface area contributed by atoms with Gasteiger partial charge in [0.2, 0.25) is 5.91 Å². The van der Waals surface area contributed by atoms with Gasteiger partial charge < -0.3 is 15.2 Å². The van der Waals surface area contributed by atoms with Gasteiger partial charge >= 0.3 is 5.97 Å². The van der Waals surface area contributed by atoms with Gasteiger partial charge in [0.1, 0.15) is 11.5 Å². The van der Waals surface area contributed by atoms with Gasteiger partial charge in [0.25, 0.3) is 0 Å². The van der Waals surface area contributed by atoms with E-state index in [-0.39, 0.29) is 17.7 Å².